The van der Waals surface area contributed by atoms with Gasteiger partial charge in [0.2, 0.25) is 5.91 Å². The molecule has 34 heavy (non-hydrogen) atoms. The number of amides is 1. The van der Waals surface area contributed by atoms with Gasteiger partial charge >= 0.3 is 0 Å². The predicted molar refractivity (Wildman–Crippen MR) is 129 cm³/mol. The van der Waals surface area contributed by atoms with E-state index in [4.69, 9.17) is 4.74 Å². The predicted octanol–water partition coefficient (Wildman–Crippen LogP) is 2.58. The van der Waals surface area contributed by atoms with Crippen molar-refractivity contribution in [3.8, 4) is 11.1 Å². The Morgan fingerprint density at radius 2 is 1.74 bits per heavy atom. The fourth-order valence-corrected chi connectivity index (χ4v) is 5.80. The number of fused-ring (bicyclic) bond motifs is 1. The van der Waals surface area contributed by atoms with Crippen molar-refractivity contribution in [1.29, 1.82) is 0 Å². The van der Waals surface area contributed by atoms with Crippen molar-refractivity contribution in [2.45, 2.75) is 30.8 Å². The highest BCUT2D eigenvalue weighted by Gasteiger charge is 2.49. The monoisotopic (exact) mass is 467 g/mol. The highest BCUT2D eigenvalue weighted by Crippen LogP contribution is 2.42. The summed E-state index contributed by atoms with van der Waals surface area (Å²) in [6, 6.07) is 15.1. The molecule has 0 aliphatic carbocycles. The molecular formula is C27H34FN3O3. The molecule has 0 bridgehead atoms. The average Bonchev–Trinajstić information content (AvgIpc) is 2.84. The van der Waals surface area contributed by atoms with Crippen molar-refractivity contribution < 1.29 is 19.0 Å². The van der Waals surface area contributed by atoms with E-state index in [2.05, 4.69) is 21.9 Å². The highest BCUT2D eigenvalue weighted by molar-refractivity contribution is 5.78. The number of hydrogen-bond donors (Lipinski definition) is 1. The molecule has 1 amide bonds. The van der Waals surface area contributed by atoms with E-state index >= 15 is 0 Å². The van der Waals surface area contributed by atoms with Gasteiger partial charge in [0.1, 0.15) is 5.82 Å². The maximum atomic E-state index is 14.2. The van der Waals surface area contributed by atoms with Crippen LogP contribution in [0, 0.1) is 5.82 Å². The molecule has 0 radical (unpaired) electrons. The van der Waals surface area contributed by atoms with Crippen molar-refractivity contribution in [2.75, 3.05) is 59.1 Å². The van der Waals surface area contributed by atoms with Gasteiger partial charge in [0.15, 0.2) is 0 Å². The summed E-state index contributed by atoms with van der Waals surface area (Å²) < 4.78 is 19.6. The SMILES string of the molecule is O=C(CN1CCOCC1)N1CCCCN2[C@H](C1)[C@H](c1ccc(-c3ccccc3F)cc1)[C@@H]2CO. The third kappa shape index (κ3) is 4.75. The Kier molecular flexibility index (Phi) is 7.25. The maximum Gasteiger partial charge on any atom is 0.236 e. The Labute approximate surface area is 200 Å². The number of nitrogens with zero attached hydrogens (tertiary/aromatic N) is 3. The molecule has 2 aromatic carbocycles. The second-order valence-electron chi connectivity index (χ2n) is 9.62. The van der Waals surface area contributed by atoms with Crippen LogP contribution < -0.4 is 0 Å². The number of hydrogen-bond acceptors (Lipinski definition) is 5. The van der Waals surface area contributed by atoms with Gasteiger partial charge in [-0.05, 0) is 36.6 Å². The molecule has 0 spiro atoms. The zero-order valence-electron chi connectivity index (χ0n) is 19.6. The molecule has 6 nitrogen and oxygen atoms in total. The molecule has 3 fully saturated rings. The molecule has 0 aromatic heterocycles. The summed E-state index contributed by atoms with van der Waals surface area (Å²) in [5.41, 5.74) is 2.58. The molecule has 3 saturated heterocycles. The summed E-state index contributed by atoms with van der Waals surface area (Å²) in [7, 11) is 0. The minimum Gasteiger partial charge on any atom is -0.395 e. The highest BCUT2D eigenvalue weighted by atomic mass is 19.1. The zero-order chi connectivity index (χ0) is 23.5. The zero-order valence-corrected chi connectivity index (χ0v) is 19.6. The van der Waals surface area contributed by atoms with Crippen LogP contribution in [0.5, 0.6) is 0 Å². The molecule has 7 heteroatoms. The van der Waals surface area contributed by atoms with Crippen LogP contribution in [0.4, 0.5) is 4.39 Å². The van der Waals surface area contributed by atoms with Crippen molar-refractivity contribution >= 4 is 5.91 Å². The Bertz CT molecular complexity index is 979. The Hall–Kier alpha value is -2.32. The number of benzene rings is 2. The summed E-state index contributed by atoms with van der Waals surface area (Å²) in [5.74, 6) is 0.106. The summed E-state index contributed by atoms with van der Waals surface area (Å²) in [5, 5.41) is 10.2. The average molecular weight is 468 g/mol. The van der Waals surface area contributed by atoms with E-state index in [0.717, 1.165) is 50.1 Å². The van der Waals surface area contributed by atoms with E-state index in [-0.39, 0.29) is 36.3 Å². The Morgan fingerprint density at radius 1 is 1.00 bits per heavy atom. The molecule has 3 atom stereocenters. The normalized spacial score (nSPS) is 26.3. The van der Waals surface area contributed by atoms with Crippen LogP contribution in [-0.2, 0) is 9.53 Å². The van der Waals surface area contributed by atoms with Gasteiger partial charge in [-0.25, -0.2) is 4.39 Å². The third-order valence-electron chi connectivity index (χ3n) is 7.67. The van der Waals surface area contributed by atoms with Gasteiger partial charge in [0.25, 0.3) is 0 Å². The number of carbonyl (C=O) groups excluding carboxylic acids is 1. The first-order chi connectivity index (χ1) is 16.7. The molecule has 0 unspecified atom stereocenters. The van der Waals surface area contributed by atoms with Crippen molar-refractivity contribution in [3.05, 3.63) is 59.9 Å². The van der Waals surface area contributed by atoms with Gasteiger partial charge < -0.3 is 14.7 Å². The van der Waals surface area contributed by atoms with Crippen LogP contribution in [0.1, 0.15) is 24.3 Å². The lowest BCUT2D eigenvalue weighted by molar-refractivity contribution is -0.138. The quantitative estimate of drug-likeness (QED) is 0.733. The second kappa shape index (κ2) is 10.5. The third-order valence-corrected chi connectivity index (χ3v) is 7.67. The van der Waals surface area contributed by atoms with Crippen LogP contribution in [-0.4, -0.2) is 96.9 Å². The van der Waals surface area contributed by atoms with Crippen molar-refractivity contribution in [2.24, 2.45) is 0 Å². The number of morpholine rings is 1. The summed E-state index contributed by atoms with van der Waals surface area (Å²) in [6.07, 6.45) is 2.01. The lowest BCUT2D eigenvalue weighted by Crippen LogP contribution is -2.68. The molecule has 5 rings (SSSR count). The first-order valence-corrected chi connectivity index (χ1v) is 12.4. The number of ether oxygens (including phenoxy) is 1. The number of rotatable bonds is 5. The lowest BCUT2D eigenvalue weighted by atomic mass is 9.74. The van der Waals surface area contributed by atoms with Gasteiger partial charge in [-0.2, -0.15) is 0 Å². The van der Waals surface area contributed by atoms with Crippen LogP contribution in [0.2, 0.25) is 0 Å². The van der Waals surface area contributed by atoms with E-state index in [0.29, 0.717) is 31.9 Å². The standard InChI is InChI=1S/C27H34FN3O3/c28-23-6-2-1-5-22(23)20-7-9-21(10-8-20)27-24-17-30(11-3-4-12-31(24)25(27)19-32)26(33)18-29-13-15-34-16-14-29/h1-2,5-10,24-25,27,32H,3-4,11-19H2/t24-,25+,27+/m1/s1. The molecular weight excluding hydrogens is 433 g/mol. The number of aliphatic hydroxyl groups excluding tert-OH is 1. The summed E-state index contributed by atoms with van der Waals surface area (Å²) in [6.45, 7) is 5.94. The van der Waals surface area contributed by atoms with E-state index in [1.165, 1.54) is 6.07 Å². The number of aliphatic hydroxyl groups is 1. The number of halogens is 1. The van der Waals surface area contributed by atoms with Crippen LogP contribution >= 0.6 is 0 Å². The van der Waals surface area contributed by atoms with Crippen LogP contribution in [0.3, 0.4) is 0 Å². The number of carbonyl (C=O) groups is 1. The molecule has 182 valence electrons. The molecule has 3 aliphatic heterocycles. The van der Waals surface area contributed by atoms with Crippen molar-refractivity contribution in [3.63, 3.8) is 0 Å². The van der Waals surface area contributed by atoms with E-state index in [1.807, 2.05) is 23.1 Å². The Balaban J connectivity index is 1.33. The molecule has 1 N–H and O–H groups in total. The molecule has 0 saturated carbocycles. The van der Waals surface area contributed by atoms with Gasteiger partial charge in [-0.3, -0.25) is 14.6 Å². The molecule has 3 aliphatic rings. The van der Waals surface area contributed by atoms with E-state index in [9.17, 15) is 14.3 Å². The van der Waals surface area contributed by atoms with Gasteiger partial charge in [-0.15, -0.1) is 0 Å². The summed E-state index contributed by atoms with van der Waals surface area (Å²) >= 11 is 0. The fourth-order valence-electron chi connectivity index (χ4n) is 5.80. The molecule has 2 aromatic rings. The first-order valence-electron chi connectivity index (χ1n) is 12.4. The van der Waals surface area contributed by atoms with Crippen LogP contribution in [0.25, 0.3) is 11.1 Å². The largest absolute Gasteiger partial charge is 0.395 e. The minimum atomic E-state index is -0.229. The van der Waals surface area contributed by atoms with Crippen LogP contribution in [0.15, 0.2) is 48.5 Å². The van der Waals surface area contributed by atoms with Gasteiger partial charge in [0.05, 0.1) is 26.4 Å². The minimum absolute atomic E-state index is 0.0543. The van der Waals surface area contributed by atoms with E-state index in [1.54, 1.807) is 12.1 Å². The Morgan fingerprint density at radius 3 is 2.47 bits per heavy atom. The smallest absolute Gasteiger partial charge is 0.236 e. The van der Waals surface area contributed by atoms with Crippen molar-refractivity contribution in [1.82, 2.24) is 14.7 Å². The summed E-state index contributed by atoms with van der Waals surface area (Å²) in [4.78, 5) is 19.8. The lowest BCUT2D eigenvalue weighted by Gasteiger charge is -2.57. The second-order valence-corrected chi connectivity index (χ2v) is 9.62. The maximum absolute atomic E-state index is 14.2. The molecule has 3 heterocycles. The van der Waals surface area contributed by atoms with Gasteiger partial charge in [-0.1, -0.05) is 42.5 Å². The van der Waals surface area contributed by atoms with Gasteiger partial charge in [0, 0.05) is 49.7 Å². The fraction of sp³-hybridized carbons (Fsp3) is 0.519. The topological polar surface area (TPSA) is 56.2 Å². The first kappa shape index (κ1) is 23.4. The van der Waals surface area contributed by atoms with E-state index < -0.39 is 0 Å².